The van der Waals surface area contributed by atoms with Gasteiger partial charge in [-0.25, -0.2) is 4.79 Å². The average molecular weight is 388 g/mol. The Morgan fingerprint density at radius 3 is 2.43 bits per heavy atom. The summed E-state index contributed by atoms with van der Waals surface area (Å²) in [6, 6.07) is 4.98. The molecule has 2 aromatic rings. The van der Waals surface area contributed by atoms with E-state index in [0.717, 1.165) is 11.2 Å². The van der Waals surface area contributed by atoms with Crippen LogP contribution in [-0.4, -0.2) is 50.5 Å². The molecule has 2 aliphatic rings. The summed E-state index contributed by atoms with van der Waals surface area (Å²) in [5, 5.41) is 21.0. The van der Waals surface area contributed by atoms with E-state index in [1.54, 1.807) is 7.05 Å². The van der Waals surface area contributed by atoms with Crippen molar-refractivity contribution in [1.82, 2.24) is 14.5 Å². The molecule has 9 nitrogen and oxygen atoms in total. The summed E-state index contributed by atoms with van der Waals surface area (Å²) in [7, 11) is 1.67. The van der Waals surface area contributed by atoms with E-state index in [2.05, 4.69) is 10.2 Å². The first-order valence-electron chi connectivity index (χ1n) is 9.52. The van der Waals surface area contributed by atoms with Crippen LogP contribution in [0.15, 0.2) is 23.0 Å². The summed E-state index contributed by atoms with van der Waals surface area (Å²) in [5.74, 6) is -0.870. The molecule has 0 saturated carbocycles. The van der Waals surface area contributed by atoms with Crippen molar-refractivity contribution in [3.8, 4) is 0 Å². The molecule has 0 bridgehead atoms. The molecule has 0 spiro atoms. The summed E-state index contributed by atoms with van der Waals surface area (Å²) in [4.78, 5) is 38.7. The Morgan fingerprint density at radius 2 is 1.79 bits per heavy atom. The predicted octanol–water partition coefficient (Wildman–Crippen LogP) is -0.155. The molecule has 1 atom stereocenters. The first-order chi connectivity index (χ1) is 13.4. The Bertz CT molecular complexity index is 984. The summed E-state index contributed by atoms with van der Waals surface area (Å²) < 4.78 is 2.99. The van der Waals surface area contributed by atoms with E-state index in [1.807, 2.05) is 18.2 Å². The number of aryl methyl sites for hydroxylation is 1. The highest BCUT2D eigenvalue weighted by Gasteiger charge is 2.31. The second-order valence-corrected chi connectivity index (χ2v) is 7.59. The molecule has 2 saturated heterocycles. The molecule has 9 heteroatoms. The van der Waals surface area contributed by atoms with E-state index in [9.17, 15) is 24.6 Å². The maximum Gasteiger partial charge on any atom is 0.329 e. The topological polar surface area (TPSA) is 117 Å². The Morgan fingerprint density at radius 1 is 1.07 bits per heavy atom. The molecule has 3 heterocycles. The van der Waals surface area contributed by atoms with Gasteiger partial charge < -0.3 is 15.1 Å². The fourth-order valence-electron chi connectivity index (χ4n) is 4.23. The Labute approximate surface area is 161 Å². The summed E-state index contributed by atoms with van der Waals surface area (Å²) in [6.07, 6.45) is 0.608. The van der Waals surface area contributed by atoms with Crippen molar-refractivity contribution in [3.05, 3.63) is 28.7 Å². The van der Waals surface area contributed by atoms with Gasteiger partial charge in [-0.2, -0.15) is 0 Å². The number of aromatic nitrogens is 2. The van der Waals surface area contributed by atoms with Gasteiger partial charge >= 0.3 is 5.69 Å². The third-order valence-corrected chi connectivity index (χ3v) is 5.92. The number of piperidine rings is 2. The van der Waals surface area contributed by atoms with Gasteiger partial charge in [-0.05, 0) is 37.5 Å². The number of aliphatic hydroxyl groups is 2. The van der Waals surface area contributed by atoms with E-state index < -0.39 is 18.2 Å². The minimum atomic E-state index is -1.28. The van der Waals surface area contributed by atoms with Gasteiger partial charge in [0.15, 0.2) is 6.29 Å². The predicted molar refractivity (Wildman–Crippen MR) is 102 cm³/mol. The molecular weight excluding hydrogens is 364 g/mol. The summed E-state index contributed by atoms with van der Waals surface area (Å²) >= 11 is 0. The molecule has 2 amide bonds. The highest BCUT2D eigenvalue weighted by Crippen LogP contribution is 2.29. The zero-order valence-corrected chi connectivity index (χ0v) is 15.7. The number of aliphatic hydroxyl groups excluding tert-OH is 1. The number of rotatable bonds is 3. The van der Waals surface area contributed by atoms with Gasteiger partial charge in [0.1, 0.15) is 6.04 Å². The van der Waals surface area contributed by atoms with Crippen molar-refractivity contribution in [2.24, 2.45) is 13.0 Å². The number of fused-ring (bicyclic) bond motifs is 1. The van der Waals surface area contributed by atoms with Crippen LogP contribution >= 0.6 is 0 Å². The number of nitrogens with zero attached hydrogens (tertiary/aromatic N) is 3. The lowest BCUT2D eigenvalue weighted by atomic mass is 9.96. The highest BCUT2D eigenvalue weighted by molar-refractivity contribution is 6.00. The zero-order valence-electron chi connectivity index (χ0n) is 15.7. The fraction of sp³-hybridized carbons (Fsp3) is 0.526. The quantitative estimate of drug-likeness (QED) is 0.497. The molecule has 28 heavy (non-hydrogen) atoms. The fourth-order valence-corrected chi connectivity index (χ4v) is 4.23. The number of amides is 2. The SMILES string of the molecule is Cn1c(=O)n(C2CCC(=O)NC2=O)c2ccc(N3CCC(C(O)O)CC3)cc21. The summed E-state index contributed by atoms with van der Waals surface area (Å²) in [6.45, 7) is 1.41. The standard InChI is InChI=1S/C19H24N4O5/c1-21-15-10-12(22-8-6-11(7-9-22)18(26)27)2-3-13(15)23(19(21)28)14-4-5-16(24)20-17(14)25/h2-3,10-11,14,18,26-27H,4-9H2,1H3,(H,20,24,25). The van der Waals surface area contributed by atoms with Crippen LogP contribution in [0.3, 0.4) is 0 Å². The van der Waals surface area contributed by atoms with E-state index in [4.69, 9.17) is 0 Å². The third kappa shape index (κ3) is 3.10. The van der Waals surface area contributed by atoms with Crippen LogP contribution in [0.1, 0.15) is 31.7 Å². The van der Waals surface area contributed by atoms with Crippen molar-refractivity contribution < 1.29 is 19.8 Å². The van der Waals surface area contributed by atoms with E-state index in [0.29, 0.717) is 37.9 Å². The Balaban J connectivity index is 1.67. The van der Waals surface area contributed by atoms with Crippen LogP contribution in [0.5, 0.6) is 0 Å². The lowest BCUT2D eigenvalue weighted by Gasteiger charge is -2.34. The maximum atomic E-state index is 12.8. The van der Waals surface area contributed by atoms with Gasteiger partial charge in [0.2, 0.25) is 11.8 Å². The van der Waals surface area contributed by atoms with Crippen LogP contribution in [0.2, 0.25) is 0 Å². The first kappa shape index (κ1) is 18.7. The molecule has 2 aliphatic heterocycles. The molecule has 150 valence electrons. The Hall–Kier alpha value is -2.65. The number of carbonyl (C=O) groups excluding carboxylic acids is 2. The minimum absolute atomic E-state index is 0.113. The van der Waals surface area contributed by atoms with Gasteiger partial charge in [-0.1, -0.05) is 0 Å². The van der Waals surface area contributed by atoms with Crippen LogP contribution in [0, 0.1) is 5.92 Å². The monoisotopic (exact) mass is 388 g/mol. The normalized spacial score (nSPS) is 21.6. The van der Waals surface area contributed by atoms with Crippen LogP contribution in [0.4, 0.5) is 5.69 Å². The number of imidazole rings is 1. The van der Waals surface area contributed by atoms with Gasteiger partial charge in [-0.3, -0.25) is 24.0 Å². The van der Waals surface area contributed by atoms with E-state index >= 15 is 0 Å². The lowest BCUT2D eigenvalue weighted by Crippen LogP contribution is -2.44. The molecule has 4 rings (SSSR count). The number of anilines is 1. The molecule has 2 fully saturated rings. The maximum absolute atomic E-state index is 12.8. The van der Waals surface area contributed by atoms with Crippen molar-refractivity contribution in [3.63, 3.8) is 0 Å². The van der Waals surface area contributed by atoms with Gasteiger partial charge in [0.05, 0.1) is 11.0 Å². The van der Waals surface area contributed by atoms with Gasteiger partial charge in [0, 0.05) is 38.2 Å². The molecule has 1 aromatic heterocycles. The van der Waals surface area contributed by atoms with Gasteiger partial charge in [-0.15, -0.1) is 0 Å². The van der Waals surface area contributed by atoms with Crippen molar-refractivity contribution in [1.29, 1.82) is 0 Å². The first-order valence-corrected chi connectivity index (χ1v) is 9.52. The van der Waals surface area contributed by atoms with E-state index in [1.165, 1.54) is 9.13 Å². The van der Waals surface area contributed by atoms with Crippen LogP contribution < -0.4 is 15.9 Å². The molecule has 3 N–H and O–H groups in total. The molecule has 1 unspecified atom stereocenters. The van der Waals surface area contributed by atoms with E-state index in [-0.39, 0.29) is 23.9 Å². The molecule has 0 aliphatic carbocycles. The summed E-state index contributed by atoms with van der Waals surface area (Å²) in [5.41, 5.74) is 2.04. The smallest absolute Gasteiger partial charge is 0.329 e. The molecular formula is C19H24N4O5. The second-order valence-electron chi connectivity index (χ2n) is 7.59. The van der Waals surface area contributed by atoms with Crippen molar-refractivity contribution in [2.45, 2.75) is 38.0 Å². The average Bonchev–Trinajstić information content (AvgIpc) is 2.92. The number of hydrogen-bond acceptors (Lipinski definition) is 6. The number of carbonyl (C=O) groups is 2. The van der Waals surface area contributed by atoms with Crippen LogP contribution in [0.25, 0.3) is 11.0 Å². The second kappa shape index (κ2) is 7.06. The molecule has 0 radical (unpaired) electrons. The lowest BCUT2D eigenvalue weighted by molar-refractivity contribution is -0.135. The largest absolute Gasteiger partial charge is 0.371 e. The number of benzene rings is 1. The number of nitrogens with one attached hydrogen (secondary N) is 1. The number of imide groups is 1. The van der Waals surface area contributed by atoms with Crippen molar-refractivity contribution >= 4 is 28.5 Å². The highest BCUT2D eigenvalue weighted by atomic mass is 16.5. The van der Waals surface area contributed by atoms with Gasteiger partial charge in [0.25, 0.3) is 0 Å². The third-order valence-electron chi connectivity index (χ3n) is 5.92. The number of hydrogen-bond donors (Lipinski definition) is 3. The van der Waals surface area contributed by atoms with Crippen molar-refractivity contribution in [2.75, 3.05) is 18.0 Å². The minimum Gasteiger partial charge on any atom is -0.371 e. The zero-order chi connectivity index (χ0) is 20.0. The molecule has 1 aromatic carbocycles. The Kier molecular flexibility index (Phi) is 4.72. The van der Waals surface area contributed by atoms with Crippen LogP contribution in [-0.2, 0) is 16.6 Å².